The fourth-order valence-corrected chi connectivity index (χ4v) is 4.00. The normalized spacial score (nSPS) is 24.1. The number of carbonyl (C=O) groups excluding carboxylic acids is 2. The Kier molecular flexibility index (Phi) is 5.16. The summed E-state index contributed by atoms with van der Waals surface area (Å²) in [7, 11) is 0. The molecule has 0 radical (unpaired) electrons. The molecule has 132 valence electrons. The van der Waals surface area contributed by atoms with Gasteiger partial charge < -0.3 is 9.80 Å². The fourth-order valence-electron chi connectivity index (χ4n) is 4.00. The van der Waals surface area contributed by atoms with Gasteiger partial charge in [-0.1, -0.05) is 6.92 Å². The van der Waals surface area contributed by atoms with Crippen molar-refractivity contribution in [3.63, 3.8) is 0 Å². The van der Waals surface area contributed by atoms with E-state index in [0.29, 0.717) is 26.1 Å². The first-order valence-electron chi connectivity index (χ1n) is 9.04. The Morgan fingerprint density at radius 1 is 1.29 bits per heavy atom. The fraction of sp³-hybridized carbons (Fsp3) is 0.765. The highest BCUT2D eigenvalue weighted by Crippen LogP contribution is 2.40. The van der Waals surface area contributed by atoms with Crippen molar-refractivity contribution in [2.45, 2.75) is 52.0 Å². The molecule has 3 rings (SSSR count). The van der Waals surface area contributed by atoms with E-state index in [-0.39, 0.29) is 17.2 Å². The van der Waals surface area contributed by atoms with Crippen molar-refractivity contribution in [3.8, 4) is 0 Å². The maximum absolute atomic E-state index is 12.8. The highest BCUT2D eigenvalue weighted by Gasteiger charge is 2.48. The summed E-state index contributed by atoms with van der Waals surface area (Å²) >= 11 is 0. The molecule has 7 heteroatoms. The Morgan fingerprint density at radius 2 is 2.17 bits per heavy atom. The molecule has 0 aliphatic carbocycles. The van der Waals surface area contributed by atoms with Crippen LogP contribution >= 0.6 is 0 Å². The summed E-state index contributed by atoms with van der Waals surface area (Å²) in [5, 5.41) is 4.05. The van der Waals surface area contributed by atoms with Gasteiger partial charge in [0.1, 0.15) is 12.7 Å². The summed E-state index contributed by atoms with van der Waals surface area (Å²) in [5.41, 5.74) is -0.311. The number of nitrogens with zero attached hydrogens (tertiary/aromatic N) is 5. The average Bonchev–Trinajstić information content (AvgIpc) is 3.23. The van der Waals surface area contributed by atoms with Gasteiger partial charge in [-0.15, -0.1) is 0 Å². The lowest BCUT2D eigenvalue weighted by atomic mass is 9.78. The highest BCUT2D eigenvalue weighted by atomic mass is 16.2. The number of hydrogen-bond acceptors (Lipinski definition) is 4. The number of carbonyl (C=O) groups is 2. The first-order chi connectivity index (χ1) is 11.6. The van der Waals surface area contributed by atoms with Crippen LogP contribution in [-0.2, 0) is 16.1 Å². The van der Waals surface area contributed by atoms with Crippen molar-refractivity contribution in [3.05, 3.63) is 12.7 Å². The quantitative estimate of drug-likeness (QED) is 0.787. The third kappa shape index (κ3) is 3.44. The summed E-state index contributed by atoms with van der Waals surface area (Å²) < 4.78 is 1.74. The Morgan fingerprint density at radius 3 is 2.92 bits per heavy atom. The van der Waals surface area contributed by atoms with E-state index in [1.165, 1.54) is 6.33 Å². The number of piperidine rings is 1. The molecule has 2 fully saturated rings. The van der Waals surface area contributed by atoms with Gasteiger partial charge >= 0.3 is 0 Å². The molecule has 24 heavy (non-hydrogen) atoms. The van der Waals surface area contributed by atoms with Crippen LogP contribution in [0.2, 0.25) is 0 Å². The van der Waals surface area contributed by atoms with Crippen molar-refractivity contribution in [1.29, 1.82) is 0 Å². The largest absolute Gasteiger partial charge is 0.342 e. The molecule has 1 spiro atoms. The van der Waals surface area contributed by atoms with Crippen LogP contribution in [0.3, 0.4) is 0 Å². The van der Waals surface area contributed by atoms with Crippen LogP contribution in [0.5, 0.6) is 0 Å². The van der Waals surface area contributed by atoms with E-state index in [4.69, 9.17) is 0 Å². The zero-order valence-electron chi connectivity index (χ0n) is 14.5. The smallest absolute Gasteiger partial charge is 0.230 e. The molecule has 0 unspecified atom stereocenters. The SMILES string of the molecule is CCCN1CCC[C@@]2(CCN(C(=O)CCCn3cncn3)C2)C1=O. The molecule has 2 aliphatic heterocycles. The van der Waals surface area contributed by atoms with Crippen LogP contribution in [0.4, 0.5) is 0 Å². The van der Waals surface area contributed by atoms with Gasteiger partial charge in [0.25, 0.3) is 0 Å². The van der Waals surface area contributed by atoms with Crippen molar-refractivity contribution in [2.75, 3.05) is 26.2 Å². The van der Waals surface area contributed by atoms with E-state index in [2.05, 4.69) is 17.0 Å². The Bertz CT molecular complexity index is 572. The van der Waals surface area contributed by atoms with E-state index < -0.39 is 0 Å². The minimum absolute atomic E-state index is 0.160. The van der Waals surface area contributed by atoms with E-state index in [1.54, 1.807) is 11.0 Å². The number of rotatable bonds is 6. The second-order valence-electron chi connectivity index (χ2n) is 7.00. The van der Waals surface area contributed by atoms with Gasteiger partial charge in [-0.2, -0.15) is 5.10 Å². The molecule has 0 N–H and O–H groups in total. The second-order valence-corrected chi connectivity index (χ2v) is 7.00. The molecule has 2 aliphatic rings. The van der Waals surface area contributed by atoms with Crippen LogP contribution in [0, 0.1) is 5.41 Å². The van der Waals surface area contributed by atoms with E-state index in [0.717, 1.165) is 45.2 Å². The number of hydrogen-bond donors (Lipinski definition) is 0. The molecular formula is C17H27N5O2. The molecule has 0 saturated carbocycles. The maximum Gasteiger partial charge on any atom is 0.230 e. The average molecular weight is 333 g/mol. The molecule has 1 atom stereocenters. The lowest BCUT2D eigenvalue weighted by Crippen LogP contribution is -2.50. The van der Waals surface area contributed by atoms with Crippen LogP contribution in [0.25, 0.3) is 0 Å². The molecule has 2 amide bonds. The van der Waals surface area contributed by atoms with Crippen LogP contribution in [0.1, 0.15) is 45.4 Å². The minimum atomic E-state index is -0.311. The zero-order valence-corrected chi connectivity index (χ0v) is 14.5. The topological polar surface area (TPSA) is 71.3 Å². The maximum atomic E-state index is 12.8. The van der Waals surface area contributed by atoms with Gasteiger partial charge in [0.05, 0.1) is 5.41 Å². The molecule has 2 saturated heterocycles. The second kappa shape index (κ2) is 7.32. The van der Waals surface area contributed by atoms with Gasteiger partial charge in [0.15, 0.2) is 0 Å². The lowest BCUT2D eigenvalue weighted by Gasteiger charge is -2.39. The summed E-state index contributed by atoms with van der Waals surface area (Å²) in [5.74, 6) is 0.431. The highest BCUT2D eigenvalue weighted by molar-refractivity contribution is 5.86. The lowest BCUT2D eigenvalue weighted by molar-refractivity contribution is -0.146. The summed E-state index contributed by atoms with van der Waals surface area (Å²) in [6, 6.07) is 0. The summed E-state index contributed by atoms with van der Waals surface area (Å²) in [6.07, 6.45) is 8.22. The molecule has 1 aromatic rings. The van der Waals surface area contributed by atoms with Gasteiger partial charge in [-0.3, -0.25) is 14.3 Å². The Balaban J connectivity index is 1.52. The first kappa shape index (κ1) is 16.9. The minimum Gasteiger partial charge on any atom is -0.342 e. The Labute approximate surface area is 143 Å². The first-order valence-corrected chi connectivity index (χ1v) is 9.04. The standard InChI is InChI=1S/C17H27N5O2/c1-2-8-20-9-4-6-17(16(20)24)7-11-21(12-17)15(23)5-3-10-22-14-18-13-19-22/h13-14H,2-12H2,1H3/t17-/m0/s1. The number of likely N-dealkylation sites (tertiary alicyclic amines) is 2. The third-order valence-corrected chi connectivity index (χ3v) is 5.27. The van der Waals surface area contributed by atoms with Crippen molar-refractivity contribution in [2.24, 2.45) is 5.41 Å². The molecular weight excluding hydrogens is 306 g/mol. The van der Waals surface area contributed by atoms with Crippen molar-refractivity contribution < 1.29 is 9.59 Å². The van der Waals surface area contributed by atoms with E-state index in [9.17, 15) is 9.59 Å². The predicted octanol–water partition coefficient (Wildman–Crippen LogP) is 1.31. The monoisotopic (exact) mass is 333 g/mol. The van der Waals surface area contributed by atoms with Crippen LogP contribution in [-0.4, -0.2) is 62.6 Å². The molecule has 0 bridgehead atoms. The predicted molar refractivity (Wildman–Crippen MR) is 89.0 cm³/mol. The van der Waals surface area contributed by atoms with Crippen LogP contribution < -0.4 is 0 Å². The molecule has 7 nitrogen and oxygen atoms in total. The van der Waals surface area contributed by atoms with Gasteiger partial charge in [0, 0.05) is 39.1 Å². The molecule has 3 heterocycles. The molecule has 0 aromatic carbocycles. The number of amides is 2. The molecule has 1 aromatic heterocycles. The van der Waals surface area contributed by atoms with Crippen LogP contribution in [0.15, 0.2) is 12.7 Å². The third-order valence-electron chi connectivity index (χ3n) is 5.27. The van der Waals surface area contributed by atoms with Crippen molar-refractivity contribution >= 4 is 11.8 Å². The summed E-state index contributed by atoms with van der Waals surface area (Å²) in [6.45, 7) is 5.84. The van der Waals surface area contributed by atoms with Gasteiger partial charge in [-0.05, 0) is 32.1 Å². The number of aromatic nitrogens is 3. The number of aryl methyl sites for hydroxylation is 1. The van der Waals surface area contributed by atoms with E-state index >= 15 is 0 Å². The van der Waals surface area contributed by atoms with Gasteiger partial charge in [-0.25, -0.2) is 4.98 Å². The Hall–Kier alpha value is -1.92. The summed E-state index contributed by atoms with van der Waals surface area (Å²) in [4.78, 5) is 33.1. The zero-order chi connectivity index (χ0) is 17.0. The van der Waals surface area contributed by atoms with Gasteiger partial charge in [0.2, 0.25) is 11.8 Å². The van der Waals surface area contributed by atoms with E-state index in [1.807, 2.05) is 9.80 Å². The van der Waals surface area contributed by atoms with Crippen molar-refractivity contribution in [1.82, 2.24) is 24.6 Å².